The number of nitrogens with one attached hydrogen (secondary N) is 1. The summed E-state index contributed by atoms with van der Waals surface area (Å²) in [5.41, 5.74) is 0.583. The van der Waals surface area contributed by atoms with Crippen LogP contribution in [0.25, 0.3) is 17.2 Å². The molecule has 1 amide bonds. The Morgan fingerprint density at radius 2 is 2.03 bits per heavy atom. The van der Waals surface area contributed by atoms with Gasteiger partial charge in [-0.3, -0.25) is 4.40 Å². The van der Waals surface area contributed by atoms with Crippen molar-refractivity contribution in [2.24, 2.45) is 0 Å². The number of halogens is 1. The van der Waals surface area contributed by atoms with E-state index in [1.54, 1.807) is 28.5 Å². The number of imidazole rings is 1. The van der Waals surface area contributed by atoms with Crippen LogP contribution in [0.15, 0.2) is 30.7 Å². The third-order valence-corrected chi connectivity index (χ3v) is 5.40. The van der Waals surface area contributed by atoms with Crippen molar-refractivity contribution in [1.82, 2.24) is 24.3 Å². The van der Waals surface area contributed by atoms with Crippen molar-refractivity contribution < 1.29 is 23.5 Å². The van der Waals surface area contributed by atoms with E-state index in [9.17, 15) is 14.0 Å². The number of aromatic nitrogens is 4. The molecule has 1 atom stereocenters. The van der Waals surface area contributed by atoms with E-state index in [0.717, 1.165) is 12.8 Å². The minimum Gasteiger partial charge on any atom is -0.462 e. The van der Waals surface area contributed by atoms with Gasteiger partial charge in [0.05, 0.1) is 12.8 Å². The van der Waals surface area contributed by atoms with E-state index in [2.05, 4.69) is 20.3 Å². The molecular weight excluding hydrogens is 455 g/mol. The second kappa shape index (κ2) is 9.85. The van der Waals surface area contributed by atoms with Gasteiger partial charge in [0.15, 0.2) is 5.82 Å². The Kier molecular flexibility index (Phi) is 6.86. The summed E-state index contributed by atoms with van der Waals surface area (Å²) in [7, 11) is 0. The molecule has 0 spiro atoms. The average molecular weight is 485 g/mol. The maximum absolute atomic E-state index is 13.9. The highest BCUT2D eigenvalue weighted by Gasteiger charge is 2.29. The van der Waals surface area contributed by atoms with Gasteiger partial charge in [-0.05, 0) is 52.7 Å². The number of likely N-dealkylation sites (tertiary alicyclic amines) is 1. The van der Waals surface area contributed by atoms with Gasteiger partial charge in [0.25, 0.3) is 0 Å². The number of anilines is 1. The van der Waals surface area contributed by atoms with E-state index in [1.807, 2.05) is 20.8 Å². The number of hydrogen-bond acceptors (Lipinski definition) is 8. The predicted octanol–water partition coefficient (Wildman–Crippen LogP) is 3.92. The normalized spacial score (nSPS) is 16.3. The van der Waals surface area contributed by atoms with Gasteiger partial charge in [-0.2, -0.15) is 0 Å². The number of carbonyl (C=O) groups excluding carboxylic acids is 2. The Balaban J connectivity index is 1.63. The van der Waals surface area contributed by atoms with E-state index in [0.29, 0.717) is 24.4 Å². The van der Waals surface area contributed by atoms with Crippen LogP contribution < -0.4 is 5.32 Å². The second-order valence-electron chi connectivity index (χ2n) is 9.31. The van der Waals surface area contributed by atoms with Gasteiger partial charge in [0.1, 0.15) is 34.1 Å². The molecule has 3 aromatic rings. The first-order valence-corrected chi connectivity index (χ1v) is 11.6. The fraction of sp³-hybridized carbons (Fsp3) is 0.458. The van der Waals surface area contributed by atoms with Crippen LogP contribution in [0.1, 0.15) is 50.9 Å². The molecule has 1 fully saturated rings. The molecule has 0 bridgehead atoms. The zero-order valence-electron chi connectivity index (χ0n) is 20.2. The summed E-state index contributed by atoms with van der Waals surface area (Å²) >= 11 is 0. The molecule has 186 valence electrons. The molecule has 1 N–H and O–H groups in total. The molecule has 1 aliphatic heterocycles. The largest absolute Gasteiger partial charge is 0.462 e. The van der Waals surface area contributed by atoms with Crippen LogP contribution in [0.2, 0.25) is 0 Å². The maximum Gasteiger partial charge on any atom is 0.410 e. The van der Waals surface area contributed by atoms with Crippen LogP contribution in [0, 0.1) is 5.82 Å². The van der Waals surface area contributed by atoms with Crippen LogP contribution >= 0.6 is 0 Å². The second-order valence-corrected chi connectivity index (χ2v) is 9.31. The molecule has 3 aromatic heterocycles. The molecule has 0 unspecified atom stereocenters. The Morgan fingerprint density at radius 3 is 2.77 bits per heavy atom. The third-order valence-electron chi connectivity index (χ3n) is 5.40. The fourth-order valence-corrected chi connectivity index (χ4v) is 3.87. The van der Waals surface area contributed by atoms with E-state index >= 15 is 0 Å². The lowest BCUT2D eigenvalue weighted by atomic mass is 10.1. The summed E-state index contributed by atoms with van der Waals surface area (Å²) in [4.78, 5) is 40.0. The van der Waals surface area contributed by atoms with Crippen molar-refractivity contribution in [1.29, 1.82) is 0 Å². The highest BCUT2D eigenvalue weighted by atomic mass is 19.1. The summed E-state index contributed by atoms with van der Waals surface area (Å²) in [6.45, 7) is 8.35. The summed E-state index contributed by atoms with van der Waals surface area (Å²) in [6.07, 6.45) is 5.37. The van der Waals surface area contributed by atoms with Crippen LogP contribution in [0.5, 0.6) is 0 Å². The number of rotatable bonds is 5. The summed E-state index contributed by atoms with van der Waals surface area (Å²) < 4.78 is 26.1. The third kappa shape index (κ3) is 5.67. The summed E-state index contributed by atoms with van der Waals surface area (Å²) in [5.74, 6) is -0.456. The zero-order chi connectivity index (χ0) is 25.2. The lowest BCUT2D eigenvalue weighted by molar-refractivity contribution is 0.0205. The number of amides is 1. The SMILES string of the molecule is CCOC(=O)c1cnc(-c2cnc3ccc(F)cn23)nc1N[C@@H]1CCCN(C(=O)OC(C)(C)C)C1. The fourth-order valence-electron chi connectivity index (χ4n) is 3.87. The van der Waals surface area contributed by atoms with Crippen molar-refractivity contribution in [3.05, 3.63) is 42.1 Å². The average Bonchev–Trinajstić information content (AvgIpc) is 3.21. The molecule has 11 heteroatoms. The molecule has 35 heavy (non-hydrogen) atoms. The molecule has 0 aliphatic carbocycles. The Hall–Kier alpha value is -3.76. The maximum atomic E-state index is 13.9. The topological polar surface area (TPSA) is 111 Å². The highest BCUT2D eigenvalue weighted by molar-refractivity contribution is 5.94. The van der Waals surface area contributed by atoms with Crippen LogP contribution in [-0.2, 0) is 9.47 Å². The molecule has 0 aromatic carbocycles. The van der Waals surface area contributed by atoms with Crippen molar-refractivity contribution in [3.8, 4) is 11.5 Å². The first-order chi connectivity index (χ1) is 16.6. The van der Waals surface area contributed by atoms with Crippen molar-refractivity contribution in [3.63, 3.8) is 0 Å². The Bertz CT molecular complexity index is 1240. The molecule has 0 saturated carbocycles. The molecule has 1 aliphatic rings. The minimum atomic E-state index is -0.594. The van der Waals surface area contributed by atoms with E-state index < -0.39 is 17.4 Å². The highest BCUT2D eigenvalue weighted by Crippen LogP contribution is 2.24. The smallest absolute Gasteiger partial charge is 0.410 e. The van der Waals surface area contributed by atoms with Gasteiger partial charge < -0.3 is 19.7 Å². The molecule has 1 saturated heterocycles. The van der Waals surface area contributed by atoms with Gasteiger partial charge in [-0.1, -0.05) is 0 Å². The first-order valence-electron chi connectivity index (χ1n) is 11.6. The monoisotopic (exact) mass is 484 g/mol. The molecule has 4 rings (SSSR count). The van der Waals surface area contributed by atoms with E-state index in [-0.39, 0.29) is 35.9 Å². The van der Waals surface area contributed by atoms with Crippen molar-refractivity contribution in [2.75, 3.05) is 25.0 Å². The van der Waals surface area contributed by atoms with E-state index in [4.69, 9.17) is 9.47 Å². The Labute approximate surface area is 202 Å². The van der Waals surface area contributed by atoms with Gasteiger partial charge in [-0.25, -0.2) is 28.9 Å². The van der Waals surface area contributed by atoms with Crippen LogP contribution in [-0.4, -0.2) is 67.7 Å². The molecular formula is C24H29FN6O4. The van der Waals surface area contributed by atoms with Gasteiger partial charge in [0, 0.05) is 31.5 Å². The molecule has 0 radical (unpaired) electrons. The number of pyridine rings is 1. The quantitative estimate of drug-likeness (QED) is 0.543. The zero-order valence-corrected chi connectivity index (χ0v) is 20.2. The van der Waals surface area contributed by atoms with Gasteiger partial charge >= 0.3 is 12.1 Å². The lowest BCUT2D eigenvalue weighted by Crippen LogP contribution is -2.47. The number of fused-ring (bicyclic) bond motifs is 1. The first kappa shape index (κ1) is 24.4. The number of piperidine rings is 1. The summed E-state index contributed by atoms with van der Waals surface area (Å²) in [6, 6.07) is 2.70. The number of esters is 1. The van der Waals surface area contributed by atoms with Crippen LogP contribution in [0.4, 0.5) is 15.0 Å². The number of hydrogen-bond donors (Lipinski definition) is 1. The minimum absolute atomic E-state index is 0.171. The van der Waals surface area contributed by atoms with Crippen molar-refractivity contribution in [2.45, 2.75) is 52.2 Å². The number of ether oxygens (including phenoxy) is 2. The standard InChI is InChI=1S/C24H29FN6O4/c1-5-34-22(32)17-11-27-21(18-12-26-19-9-8-15(25)13-31(18)19)29-20(17)28-16-7-6-10-30(14-16)23(33)35-24(2,3)4/h8-9,11-13,16H,5-7,10,14H2,1-4H3,(H,27,28,29)/t16-/m1/s1. The summed E-state index contributed by atoms with van der Waals surface area (Å²) in [5, 5.41) is 3.29. The Morgan fingerprint density at radius 1 is 1.23 bits per heavy atom. The van der Waals surface area contributed by atoms with E-state index in [1.165, 1.54) is 18.5 Å². The van der Waals surface area contributed by atoms with Crippen LogP contribution in [0.3, 0.4) is 0 Å². The van der Waals surface area contributed by atoms with Gasteiger partial charge in [-0.15, -0.1) is 0 Å². The number of nitrogens with zero attached hydrogens (tertiary/aromatic N) is 5. The van der Waals surface area contributed by atoms with Crippen molar-refractivity contribution >= 4 is 23.5 Å². The number of carbonyl (C=O) groups is 2. The predicted molar refractivity (Wildman–Crippen MR) is 127 cm³/mol. The van der Waals surface area contributed by atoms with Gasteiger partial charge in [0.2, 0.25) is 0 Å². The lowest BCUT2D eigenvalue weighted by Gasteiger charge is -2.34. The molecule has 4 heterocycles. The molecule has 10 nitrogen and oxygen atoms in total.